The van der Waals surface area contributed by atoms with Crippen LogP contribution in [0.25, 0.3) is 17.3 Å². The zero-order valence-electron chi connectivity index (χ0n) is 22.1. The second kappa shape index (κ2) is 10.6. The molecule has 4 aromatic rings. The minimum absolute atomic E-state index is 0.0614. The third-order valence-corrected chi connectivity index (χ3v) is 7.58. The van der Waals surface area contributed by atoms with Gasteiger partial charge in [-0.25, -0.2) is 28.1 Å². The van der Waals surface area contributed by atoms with Crippen molar-refractivity contribution < 1.29 is 22.8 Å². The van der Waals surface area contributed by atoms with Crippen molar-refractivity contribution in [3.05, 3.63) is 82.5 Å². The summed E-state index contributed by atoms with van der Waals surface area (Å²) in [5.74, 6) is -0.864. The summed E-state index contributed by atoms with van der Waals surface area (Å²) in [6.07, 6.45) is 4.89. The summed E-state index contributed by atoms with van der Waals surface area (Å²) in [6, 6.07) is 2.02. The quantitative estimate of drug-likeness (QED) is 0.302. The van der Waals surface area contributed by atoms with E-state index in [-0.39, 0.29) is 33.9 Å². The minimum Gasteiger partial charge on any atom is -0.318 e. The smallest absolute Gasteiger partial charge is 0.276 e. The summed E-state index contributed by atoms with van der Waals surface area (Å²) < 4.78 is 43.7. The van der Waals surface area contributed by atoms with Gasteiger partial charge in [0, 0.05) is 47.2 Å². The van der Waals surface area contributed by atoms with E-state index >= 15 is 0 Å². The molecule has 42 heavy (non-hydrogen) atoms. The van der Waals surface area contributed by atoms with Gasteiger partial charge in [0.25, 0.3) is 12.3 Å². The largest absolute Gasteiger partial charge is 0.318 e. The van der Waals surface area contributed by atoms with Gasteiger partial charge in [0.2, 0.25) is 11.9 Å². The highest BCUT2D eigenvalue weighted by atomic mass is 35.5. The third kappa shape index (κ3) is 5.00. The number of carbonyl (C=O) groups is 2. The van der Waals surface area contributed by atoms with Gasteiger partial charge in [-0.3, -0.25) is 24.2 Å². The number of nitrogens with zero attached hydrogens (tertiary/aromatic N) is 7. The lowest BCUT2D eigenvalue weighted by Crippen LogP contribution is -2.30. The van der Waals surface area contributed by atoms with Crippen LogP contribution in [-0.4, -0.2) is 48.1 Å². The standard InChI is InChI=1S/C28H22ClF3N8O2/c1-3-20-24(38-21(9-33-20)22-17(25(31)32)4-5-19(29)23(22)30)26(41)37-16-8-35-39(12-16)10-15-7-34-28(36-13(15)2)40-11-14-6-18(14)27(40)42/h3-5,7-9,12,14,18,25H,1,6,10-11H2,2H3,(H,37,41)/t14-,18-/m1/s1. The normalized spacial score (nSPS) is 17.5. The number of benzene rings is 1. The molecule has 1 aliphatic carbocycles. The molecule has 4 heterocycles. The Hall–Kier alpha value is -4.65. The maximum Gasteiger partial charge on any atom is 0.276 e. The van der Waals surface area contributed by atoms with E-state index in [0.29, 0.717) is 36.3 Å². The van der Waals surface area contributed by atoms with Crippen molar-refractivity contribution in [2.24, 2.45) is 11.8 Å². The lowest BCUT2D eigenvalue weighted by atomic mass is 10.0. The van der Waals surface area contributed by atoms with Gasteiger partial charge in [0.15, 0.2) is 11.5 Å². The molecule has 2 fully saturated rings. The van der Waals surface area contributed by atoms with E-state index in [1.807, 2.05) is 6.92 Å². The molecule has 214 valence electrons. The molecule has 2 amide bonds. The summed E-state index contributed by atoms with van der Waals surface area (Å²) in [7, 11) is 0. The molecule has 1 aliphatic heterocycles. The van der Waals surface area contributed by atoms with E-state index in [2.05, 4.69) is 36.9 Å². The lowest BCUT2D eigenvalue weighted by molar-refractivity contribution is -0.118. The number of fused-ring (bicyclic) bond motifs is 1. The minimum atomic E-state index is -3.02. The number of aromatic nitrogens is 6. The average molecular weight is 595 g/mol. The molecule has 1 saturated heterocycles. The van der Waals surface area contributed by atoms with Crippen molar-refractivity contribution in [3.8, 4) is 11.3 Å². The summed E-state index contributed by atoms with van der Waals surface area (Å²) in [6.45, 7) is 6.37. The fourth-order valence-electron chi connectivity index (χ4n) is 4.94. The highest BCUT2D eigenvalue weighted by molar-refractivity contribution is 6.31. The number of aryl methyl sites for hydroxylation is 1. The molecule has 0 bridgehead atoms. The number of nitrogens with one attached hydrogen (secondary N) is 1. The molecule has 10 nitrogen and oxygen atoms in total. The molecule has 6 rings (SSSR count). The Bertz CT molecular complexity index is 1760. The van der Waals surface area contributed by atoms with Crippen molar-refractivity contribution in [2.45, 2.75) is 26.3 Å². The van der Waals surface area contributed by atoms with Crippen LogP contribution in [0.5, 0.6) is 0 Å². The molecule has 0 unspecified atom stereocenters. The Morgan fingerprint density at radius 1 is 1.24 bits per heavy atom. The predicted octanol–water partition coefficient (Wildman–Crippen LogP) is 5.09. The van der Waals surface area contributed by atoms with Crippen LogP contribution in [-0.2, 0) is 11.3 Å². The van der Waals surface area contributed by atoms with Crippen molar-refractivity contribution in [2.75, 3.05) is 16.8 Å². The Kier molecular flexibility index (Phi) is 6.97. The van der Waals surface area contributed by atoms with Crippen LogP contribution in [0.4, 0.5) is 24.8 Å². The molecule has 0 radical (unpaired) electrons. The predicted molar refractivity (Wildman–Crippen MR) is 147 cm³/mol. The summed E-state index contributed by atoms with van der Waals surface area (Å²) in [4.78, 5) is 44.3. The molecular formula is C28H22ClF3N8O2. The SMILES string of the molecule is C=Cc1ncc(-c2c(C(F)F)ccc(Cl)c2F)nc1C(=O)Nc1cnn(Cc2cnc(N3C[C@H]4C[C@H]4C3=O)nc2C)c1. The van der Waals surface area contributed by atoms with E-state index in [1.54, 1.807) is 22.0 Å². The highest BCUT2D eigenvalue weighted by Gasteiger charge is 2.53. The first-order valence-corrected chi connectivity index (χ1v) is 13.3. The van der Waals surface area contributed by atoms with Crippen LogP contribution in [0.3, 0.4) is 0 Å². The van der Waals surface area contributed by atoms with Gasteiger partial charge >= 0.3 is 0 Å². The molecule has 14 heteroatoms. The van der Waals surface area contributed by atoms with Gasteiger partial charge in [0.05, 0.1) is 41.0 Å². The maximum atomic E-state index is 14.8. The second-order valence-corrected chi connectivity index (χ2v) is 10.4. The first kappa shape index (κ1) is 27.5. The van der Waals surface area contributed by atoms with E-state index < -0.39 is 29.3 Å². The van der Waals surface area contributed by atoms with Crippen LogP contribution in [0.15, 0.2) is 43.5 Å². The number of anilines is 2. The van der Waals surface area contributed by atoms with E-state index in [0.717, 1.165) is 30.3 Å². The van der Waals surface area contributed by atoms with Crippen LogP contribution < -0.4 is 10.2 Å². The topological polar surface area (TPSA) is 119 Å². The van der Waals surface area contributed by atoms with E-state index in [1.165, 1.54) is 12.3 Å². The first-order valence-electron chi connectivity index (χ1n) is 12.9. The van der Waals surface area contributed by atoms with Gasteiger partial charge in [0.1, 0.15) is 0 Å². The summed E-state index contributed by atoms with van der Waals surface area (Å²) in [5.41, 5.74) is 0.0917. The van der Waals surface area contributed by atoms with Gasteiger partial charge in [-0.15, -0.1) is 0 Å². The molecule has 3 aromatic heterocycles. The zero-order chi connectivity index (χ0) is 29.7. The monoisotopic (exact) mass is 594 g/mol. The number of amides is 2. The number of carbonyl (C=O) groups excluding carboxylic acids is 2. The van der Waals surface area contributed by atoms with Crippen molar-refractivity contribution in [3.63, 3.8) is 0 Å². The van der Waals surface area contributed by atoms with Crippen LogP contribution in [0, 0.1) is 24.6 Å². The number of alkyl halides is 2. The van der Waals surface area contributed by atoms with Gasteiger partial charge < -0.3 is 5.32 Å². The molecule has 0 spiro atoms. The molecule has 1 saturated carbocycles. The Morgan fingerprint density at radius 3 is 2.74 bits per heavy atom. The van der Waals surface area contributed by atoms with Crippen LogP contribution in [0.2, 0.25) is 5.02 Å². The third-order valence-electron chi connectivity index (χ3n) is 7.28. The van der Waals surface area contributed by atoms with Crippen molar-refractivity contribution >= 4 is 41.1 Å². The second-order valence-electron chi connectivity index (χ2n) is 10.0. The number of hydrogen-bond acceptors (Lipinski definition) is 7. The zero-order valence-corrected chi connectivity index (χ0v) is 22.8. The average Bonchev–Trinajstić information content (AvgIpc) is 3.50. The number of hydrogen-bond donors (Lipinski definition) is 1. The number of halogens is 4. The molecular weight excluding hydrogens is 573 g/mol. The Morgan fingerprint density at radius 2 is 2.05 bits per heavy atom. The highest BCUT2D eigenvalue weighted by Crippen LogP contribution is 2.46. The Labute approximate surface area is 242 Å². The lowest BCUT2D eigenvalue weighted by Gasteiger charge is -2.17. The fourth-order valence-corrected chi connectivity index (χ4v) is 5.10. The molecule has 2 aliphatic rings. The first-order chi connectivity index (χ1) is 20.1. The summed E-state index contributed by atoms with van der Waals surface area (Å²) >= 11 is 5.83. The van der Waals surface area contributed by atoms with Crippen molar-refractivity contribution in [1.29, 1.82) is 0 Å². The Balaban J connectivity index is 1.20. The van der Waals surface area contributed by atoms with Gasteiger partial charge in [-0.1, -0.05) is 24.2 Å². The van der Waals surface area contributed by atoms with Gasteiger partial charge in [-0.05, 0) is 31.4 Å². The fraction of sp³-hybridized carbons (Fsp3) is 0.250. The molecule has 2 atom stereocenters. The summed E-state index contributed by atoms with van der Waals surface area (Å²) in [5, 5.41) is 6.53. The van der Waals surface area contributed by atoms with Crippen LogP contribution in [0.1, 0.15) is 45.8 Å². The van der Waals surface area contributed by atoms with Crippen LogP contribution >= 0.6 is 11.6 Å². The number of piperidine rings is 1. The van der Waals surface area contributed by atoms with E-state index in [9.17, 15) is 22.8 Å². The van der Waals surface area contributed by atoms with Crippen molar-refractivity contribution in [1.82, 2.24) is 29.7 Å². The van der Waals surface area contributed by atoms with Gasteiger partial charge in [-0.2, -0.15) is 5.10 Å². The number of rotatable bonds is 8. The molecule has 1 N–H and O–H groups in total. The maximum absolute atomic E-state index is 14.8. The van der Waals surface area contributed by atoms with E-state index in [4.69, 9.17) is 11.6 Å². The molecule has 1 aromatic carbocycles.